The van der Waals surface area contributed by atoms with Crippen LogP contribution < -0.4 is 0 Å². The number of carbonyl (C=O) groups is 3. The normalized spacial score (nSPS) is 45.7. The number of ketones is 1. The molecule has 29 heavy (non-hydrogen) atoms. The zero-order valence-electron chi connectivity index (χ0n) is 17.6. The molecular formula is C24H30O5. The van der Waals surface area contributed by atoms with Gasteiger partial charge in [-0.1, -0.05) is 37.1 Å². The molecule has 5 nitrogen and oxygen atoms in total. The van der Waals surface area contributed by atoms with E-state index >= 15 is 0 Å². The highest BCUT2D eigenvalue weighted by Crippen LogP contribution is 2.68. The predicted molar refractivity (Wildman–Crippen MR) is 106 cm³/mol. The van der Waals surface area contributed by atoms with Crippen molar-refractivity contribution in [1.82, 2.24) is 0 Å². The minimum absolute atomic E-state index is 0.0572. The first-order valence-electron chi connectivity index (χ1n) is 11.0. The number of fused-ring (bicyclic) bond motifs is 6. The fourth-order valence-electron chi connectivity index (χ4n) is 7.45. The molecule has 0 amide bonds. The third-order valence-electron chi connectivity index (χ3n) is 9.18. The number of hydrogen-bond acceptors (Lipinski definition) is 5. The average molecular weight is 398 g/mol. The van der Waals surface area contributed by atoms with Crippen molar-refractivity contribution >= 4 is 17.7 Å². The number of carbonyl (C=O) groups excluding carboxylic acids is 3. The third-order valence-corrected chi connectivity index (χ3v) is 9.18. The molecule has 1 unspecified atom stereocenters. The molecule has 0 aromatic heterocycles. The van der Waals surface area contributed by atoms with Crippen LogP contribution in [0.4, 0.5) is 0 Å². The largest absolute Gasteiger partial charge is 0.469 e. The summed E-state index contributed by atoms with van der Waals surface area (Å²) in [6.07, 6.45) is 10.2. The van der Waals surface area contributed by atoms with Crippen LogP contribution >= 0.6 is 0 Å². The minimum atomic E-state index is -0.398. The molecule has 156 valence electrons. The summed E-state index contributed by atoms with van der Waals surface area (Å²) >= 11 is 0. The molecule has 1 spiro atoms. The van der Waals surface area contributed by atoms with E-state index in [2.05, 4.69) is 26.0 Å². The van der Waals surface area contributed by atoms with Crippen LogP contribution in [0.2, 0.25) is 0 Å². The number of methoxy groups -OCH3 is 1. The summed E-state index contributed by atoms with van der Waals surface area (Å²) in [7, 11) is 1.45. The Balaban J connectivity index is 1.63. The van der Waals surface area contributed by atoms with Crippen LogP contribution in [-0.4, -0.2) is 30.4 Å². The van der Waals surface area contributed by atoms with Gasteiger partial charge in [0.1, 0.15) is 11.4 Å². The Labute approximate surface area is 171 Å². The Kier molecular flexibility index (Phi) is 3.98. The Morgan fingerprint density at radius 1 is 1.17 bits per heavy atom. The summed E-state index contributed by atoms with van der Waals surface area (Å²) < 4.78 is 11.2. The minimum Gasteiger partial charge on any atom is -0.469 e. The van der Waals surface area contributed by atoms with E-state index < -0.39 is 5.60 Å². The van der Waals surface area contributed by atoms with E-state index in [0.29, 0.717) is 19.3 Å². The van der Waals surface area contributed by atoms with Gasteiger partial charge in [-0.25, -0.2) is 0 Å². The first-order chi connectivity index (χ1) is 13.7. The zero-order valence-corrected chi connectivity index (χ0v) is 17.6. The quantitative estimate of drug-likeness (QED) is 0.495. The lowest BCUT2D eigenvalue weighted by Crippen LogP contribution is -2.53. The van der Waals surface area contributed by atoms with Crippen LogP contribution in [-0.2, 0) is 23.9 Å². The molecule has 0 radical (unpaired) electrons. The molecule has 5 aliphatic rings. The van der Waals surface area contributed by atoms with Gasteiger partial charge in [0.25, 0.3) is 0 Å². The van der Waals surface area contributed by atoms with Gasteiger partial charge in [0.05, 0.1) is 13.0 Å². The van der Waals surface area contributed by atoms with E-state index in [-0.39, 0.29) is 46.3 Å². The van der Waals surface area contributed by atoms with Crippen molar-refractivity contribution < 1.29 is 23.9 Å². The zero-order chi connectivity index (χ0) is 20.6. The second kappa shape index (κ2) is 6.05. The molecule has 4 aliphatic carbocycles. The molecule has 0 bridgehead atoms. The standard InChI is InChI=1S/C24H30O5/c1-22-8-4-15(25)12-14(22)13-16(21(27)28-3)20-17(22)5-9-23(2)18(20)6-10-24(23)11-7-19(26)29-24/h5,13,16,18,20H,4,6-12H2,1-3H3/t16-,18+,20-,22+,23+,24?/m1/s1. The summed E-state index contributed by atoms with van der Waals surface area (Å²) in [6.45, 7) is 4.51. The SMILES string of the molecule is COC(=O)[C@@H]1C=C2CC(=O)CC[C@]2(C)C2=CC[C@@]3(C)[C@@H](CCC34CCC(=O)O4)[C@@H]21. The number of rotatable bonds is 1. The molecule has 0 N–H and O–H groups in total. The lowest BCUT2D eigenvalue weighted by Gasteiger charge is -2.55. The molecule has 0 aromatic carbocycles. The summed E-state index contributed by atoms with van der Waals surface area (Å²) in [4.78, 5) is 37.1. The van der Waals surface area contributed by atoms with Gasteiger partial charge in [-0.15, -0.1) is 0 Å². The molecule has 5 rings (SSSR count). The number of Topliss-reactive ketones (excluding diaryl/α,β-unsaturated/α-hetero) is 1. The summed E-state index contributed by atoms with van der Waals surface area (Å²) in [5.74, 6) is -0.0877. The first kappa shape index (κ1) is 19.1. The summed E-state index contributed by atoms with van der Waals surface area (Å²) in [5.41, 5.74) is 1.71. The van der Waals surface area contributed by atoms with Gasteiger partial charge in [0.15, 0.2) is 0 Å². The molecule has 6 atom stereocenters. The highest BCUT2D eigenvalue weighted by molar-refractivity contribution is 5.85. The Bertz CT molecular complexity index is 868. The Morgan fingerprint density at radius 3 is 2.66 bits per heavy atom. The van der Waals surface area contributed by atoms with E-state index in [4.69, 9.17) is 9.47 Å². The molecule has 2 saturated carbocycles. The molecule has 5 heteroatoms. The van der Waals surface area contributed by atoms with Gasteiger partial charge in [-0.3, -0.25) is 14.4 Å². The molecule has 1 heterocycles. The maximum Gasteiger partial charge on any atom is 0.313 e. The van der Waals surface area contributed by atoms with Crippen LogP contribution in [0.5, 0.6) is 0 Å². The number of allylic oxidation sites excluding steroid dienone is 3. The van der Waals surface area contributed by atoms with Gasteiger partial charge >= 0.3 is 11.9 Å². The summed E-state index contributed by atoms with van der Waals surface area (Å²) in [6, 6.07) is 0. The maximum atomic E-state index is 12.9. The highest BCUT2D eigenvalue weighted by atomic mass is 16.6. The number of hydrogen-bond donors (Lipinski definition) is 0. The maximum absolute atomic E-state index is 12.9. The second-order valence-electron chi connectivity index (χ2n) is 10.2. The number of ether oxygens (including phenoxy) is 2. The monoisotopic (exact) mass is 398 g/mol. The van der Waals surface area contributed by atoms with E-state index in [1.165, 1.54) is 12.7 Å². The van der Waals surface area contributed by atoms with Crippen molar-refractivity contribution in [3.05, 3.63) is 23.3 Å². The molecule has 1 saturated heterocycles. The van der Waals surface area contributed by atoms with E-state index in [9.17, 15) is 14.4 Å². The molecular weight excluding hydrogens is 368 g/mol. The third kappa shape index (κ3) is 2.36. The van der Waals surface area contributed by atoms with E-state index in [0.717, 1.165) is 37.7 Å². The fourth-order valence-corrected chi connectivity index (χ4v) is 7.45. The van der Waals surface area contributed by atoms with Gasteiger partial charge < -0.3 is 9.47 Å². The van der Waals surface area contributed by atoms with Crippen LogP contribution in [0.15, 0.2) is 23.3 Å². The van der Waals surface area contributed by atoms with Crippen LogP contribution in [0.3, 0.4) is 0 Å². The van der Waals surface area contributed by atoms with Crippen molar-refractivity contribution in [3.8, 4) is 0 Å². The Morgan fingerprint density at radius 2 is 1.97 bits per heavy atom. The topological polar surface area (TPSA) is 69.7 Å². The average Bonchev–Trinajstić information content (AvgIpc) is 3.22. The summed E-state index contributed by atoms with van der Waals surface area (Å²) in [5, 5.41) is 0. The van der Waals surface area contributed by atoms with Crippen molar-refractivity contribution in [1.29, 1.82) is 0 Å². The van der Waals surface area contributed by atoms with Crippen molar-refractivity contribution in [2.24, 2.45) is 28.6 Å². The fraction of sp³-hybridized carbons (Fsp3) is 0.708. The molecule has 0 aromatic rings. The van der Waals surface area contributed by atoms with Gasteiger partial charge in [-0.2, -0.15) is 0 Å². The van der Waals surface area contributed by atoms with Crippen molar-refractivity contribution in [3.63, 3.8) is 0 Å². The Hall–Kier alpha value is -1.91. The van der Waals surface area contributed by atoms with Crippen LogP contribution in [0.1, 0.15) is 65.2 Å². The van der Waals surface area contributed by atoms with Crippen LogP contribution in [0, 0.1) is 28.6 Å². The van der Waals surface area contributed by atoms with Crippen molar-refractivity contribution in [2.45, 2.75) is 70.8 Å². The smallest absolute Gasteiger partial charge is 0.313 e. The van der Waals surface area contributed by atoms with Crippen LogP contribution in [0.25, 0.3) is 0 Å². The lowest BCUT2D eigenvalue weighted by atomic mass is 9.49. The van der Waals surface area contributed by atoms with E-state index in [1.807, 2.05) is 0 Å². The number of esters is 2. The highest BCUT2D eigenvalue weighted by Gasteiger charge is 2.66. The lowest BCUT2D eigenvalue weighted by molar-refractivity contribution is -0.162. The first-order valence-corrected chi connectivity index (χ1v) is 11.0. The van der Waals surface area contributed by atoms with Gasteiger partial charge in [0, 0.05) is 36.0 Å². The van der Waals surface area contributed by atoms with Gasteiger partial charge in [-0.05, 0) is 38.0 Å². The van der Waals surface area contributed by atoms with E-state index in [1.54, 1.807) is 0 Å². The molecule has 1 aliphatic heterocycles. The predicted octanol–water partition coefficient (Wildman–Crippen LogP) is 3.91. The molecule has 3 fully saturated rings. The van der Waals surface area contributed by atoms with Crippen molar-refractivity contribution in [2.75, 3.05) is 7.11 Å². The second-order valence-corrected chi connectivity index (χ2v) is 10.2. The van der Waals surface area contributed by atoms with Gasteiger partial charge in [0.2, 0.25) is 0 Å².